The van der Waals surface area contributed by atoms with Crippen LogP contribution in [0.3, 0.4) is 0 Å². The van der Waals surface area contributed by atoms with Gasteiger partial charge in [-0.1, -0.05) is 13.8 Å². The molecule has 0 aliphatic carbocycles. The van der Waals surface area contributed by atoms with Crippen molar-refractivity contribution >= 4 is 11.3 Å². The number of aromatic nitrogens is 3. The zero-order chi connectivity index (χ0) is 13.2. The fourth-order valence-electron chi connectivity index (χ4n) is 2.06. The van der Waals surface area contributed by atoms with Gasteiger partial charge in [0.25, 0.3) is 0 Å². The summed E-state index contributed by atoms with van der Waals surface area (Å²) in [5.74, 6) is 2.07. The minimum Gasteiger partial charge on any atom is -0.424 e. The van der Waals surface area contributed by atoms with Crippen molar-refractivity contribution in [2.45, 2.75) is 38.5 Å². The van der Waals surface area contributed by atoms with E-state index >= 15 is 0 Å². The van der Waals surface area contributed by atoms with Gasteiger partial charge in [0.15, 0.2) is 0 Å². The van der Waals surface area contributed by atoms with Crippen LogP contribution in [-0.2, 0) is 11.2 Å². The van der Waals surface area contributed by atoms with Crippen LogP contribution >= 0.6 is 11.3 Å². The van der Waals surface area contributed by atoms with Crippen LogP contribution in [0.15, 0.2) is 9.80 Å². The molecule has 19 heavy (non-hydrogen) atoms. The molecule has 1 atom stereocenters. The molecule has 0 unspecified atom stereocenters. The Hall–Kier alpha value is -1.27. The number of rotatable bonds is 4. The zero-order valence-electron chi connectivity index (χ0n) is 11.1. The third kappa shape index (κ3) is 2.84. The van der Waals surface area contributed by atoms with Crippen LogP contribution in [0.5, 0.6) is 0 Å². The van der Waals surface area contributed by atoms with Crippen molar-refractivity contribution in [1.29, 1.82) is 0 Å². The van der Waals surface area contributed by atoms with Crippen molar-refractivity contribution in [2.75, 3.05) is 13.2 Å². The monoisotopic (exact) mass is 279 g/mol. The molecule has 1 aliphatic heterocycles. The predicted octanol–water partition coefficient (Wildman–Crippen LogP) is 2.74. The SMILES string of the molecule is CC(C)c1nc(Cc2nnc([C@H]3CCOC3)o2)cs1. The Kier molecular flexibility index (Phi) is 3.61. The summed E-state index contributed by atoms with van der Waals surface area (Å²) < 4.78 is 11.0. The first-order valence-corrected chi connectivity index (χ1v) is 7.44. The normalized spacial score (nSPS) is 19.4. The summed E-state index contributed by atoms with van der Waals surface area (Å²) in [6.07, 6.45) is 1.58. The molecular weight excluding hydrogens is 262 g/mol. The maximum Gasteiger partial charge on any atom is 0.222 e. The van der Waals surface area contributed by atoms with E-state index in [9.17, 15) is 0 Å². The lowest BCUT2D eigenvalue weighted by molar-refractivity contribution is 0.190. The molecule has 0 radical (unpaired) electrons. The molecule has 102 valence electrons. The van der Waals surface area contributed by atoms with Crippen molar-refractivity contribution in [2.24, 2.45) is 0 Å². The van der Waals surface area contributed by atoms with Crippen LogP contribution in [0.25, 0.3) is 0 Å². The quantitative estimate of drug-likeness (QED) is 0.861. The Morgan fingerprint density at radius 3 is 3.00 bits per heavy atom. The van der Waals surface area contributed by atoms with E-state index in [-0.39, 0.29) is 5.92 Å². The first kappa shape index (κ1) is 12.7. The Bertz CT molecular complexity index is 544. The topological polar surface area (TPSA) is 61.0 Å². The summed E-state index contributed by atoms with van der Waals surface area (Å²) in [6, 6.07) is 0. The number of ether oxygens (including phenoxy) is 1. The van der Waals surface area contributed by atoms with Gasteiger partial charge in [-0.05, 0) is 6.42 Å². The minimum atomic E-state index is 0.267. The van der Waals surface area contributed by atoms with E-state index in [1.165, 1.54) is 0 Å². The molecule has 3 rings (SSSR count). The van der Waals surface area contributed by atoms with E-state index in [2.05, 4.69) is 34.4 Å². The summed E-state index contributed by atoms with van der Waals surface area (Å²) in [5.41, 5.74) is 1.01. The first-order valence-electron chi connectivity index (χ1n) is 6.56. The molecule has 0 amide bonds. The van der Waals surface area contributed by atoms with E-state index in [0.29, 0.717) is 30.7 Å². The van der Waals surface area contributed by atoms with Crippen LogP contribution in [0, 0.1) is 0 Å². The summed E-state index contributed by atoms with van der Waals surface area (Å²) in [4.78, 5) is 4.58. The highest BCUT2D eigenvalue weighted by Crippen LogP contribution is 2.25. The lowest BCUT2D eigenvalue weighted by Crippen LogP contribution is -1.97. The molecule has 0 spiro atoms. The zero-order valence-corrected chi connectivity index (χ0v) is 11.9. The van der Waals surface area contributed by atoms with Gasteiger partial charge in [0.05, 0.1) is 29.6 Å². The molecule has 2 aromatic rings. The maximum absolute atomic E-state index is 5.70. The van der Waals surface area contributed by atoms with Gasteiger partial charge in [-0.3, -0.25) is 0 Å². The standard InChI is InChI=1S/C13H17N3O2S/c1-8(2)13-14-10(7-19-13)5-11-15-16-12(18-11)9-3-4-17-6-9/h7-9H,3-6H2,1-2H3/t9-/m0/s1. The van der Waals surface area contributed by atoms with Crippen molar-refractivity contribution in [1.82, 2.24) is 15.2 Å². The average molecular weight is 279 g/mol. The van der Waals surface area contributed by atoms with Crippen LogP contribution in [-0.4, -0.2) is 28.4 Å². The van der Waals surface area contributed by atoms with E-state index in [0.717, 1.165) is 23.7 Å². The van der Waals surface area contributed by atoms with Gasteiger partial charge in [-0.2, -0.15) is 0 Å². The first-order chi connectivity index (χ1) is 9.22. The Balaban J connectivity index is 1.68. The van der Waals surface area contributed by atoms with Crippen LogP contribution in [0.4, 0.5) is 0 Å². The molecule has 2 aromatic heterocycles. The number of nitrogens with zero attached hydrogens (tertiary/aromatic N) is 3. The maximum atomic E-state index is 5.70. The molecule has 0 bridgehead atoms. The Morgan fingerprint density at radius 2 is 2.32 bits per heavy atom. The van der Waals surface area contributed by atoms with E-state index in [4.69, 9.17) is 9.15 Å². The Labute approximate surface area is 116 Å². The molecule has 0 aromatic carbocycles. The highest BCUT2D eigenvalue weighted by Gasteiger charge is 2.23. The van der Waals surface area contributed by atoms with Gasteiger partial charge in [0.1, 0.15) is 0 Å². The van der Waals surface area contributed by atoms with E-state index < -0.39 is 0 Å². The van der Waals surface area contributed by atoms with Gasteiger partial charge in [-0.15, -0.1) is 21.5 Å². The van der Waals surface area contributed by atoms with Gasteiger partial charge in [0.2, 0.25) is 11.8 Å². The highest BCUT2D eigenvalue weighted by atomic mass is 32.1. The lowest BCUT2D eigenvalue weighted by Gasteiger charge is -1.98. The second kappa shape index (κ2) is 5.38. The molecule has 0 saturated carbocycles. The fraction of sp³-hybridized carbons (Fsp3) is 0.615. The molecule has 1 aliphatic rings. The van der Waals surface area contributed by atoms with E-state index in [1.807, 2.05) is 0 Å². The molecule has 1 fully saturated rings. The van der Waals surface area contributed by atoms with Crippen LogP contribution < -0.4 is 0 Å². The molecule has 6 heteroatoms. The van der Waals surface area contributed by atoms with Crippen LogP contribution in [0.1, 0.15) is 54.6 Å². The summed E-state index contributed by atoms with van der Waals surface area (Å²) in [7, 11) is 0. The second-order valence-corrected chi connectivity index (χ2v) is 5.99. The van der Waals surface area contributed by atoms with Crippen molar-refractivity contribution in [3.8, 4) is 0 Å². The van der Waals surface area contributed by atoms with Gasteiger partial charge < -0.3 is 9.15 Å². The van der Waals surface area contributed by atoms with Crippen molar-refractivity contribution < 1.29 is 9.15 Å². The van der Waals surface area contributed by atoms with E-state index in [1.54, 1.807) is 11.3 Å². The molecule has 1 saturated heterocycles. The largest absolute Gasteiger partial charge is 0.424 e. The lowest BCUT2D eigenvalue weighted by atomic mass is 10.1. The minimum absolute atomic E-state index is 0.267. The molecule has 5 nitrogen and oxygen atoms in total. The van der Waals surface area contributed by atoms with Gasteiger partial charge in [-0.25, -0.2) is 4.98 Å². The molecule has 0 N–H and O–H groups in total. The average Bonchev–Trinajstić information content (AvgIpc) is 3.09. The Morgan fingerprint density at radius 1 is 1.42 bits per heavy atom. The highest BCUT2D eigenvalue weighted by molar-refractivity contribution is 7.09. The van der Waals surface area contributed by atoms with Gasteiger partial charge >= 0.3 is 0 Å². The van der Waals surface area contributed by atoms with Crippen LogP contribution in [0.2, 0.25) is 0 Å². The molecule has 3 heterocycles. The van der Waals surface area contributed by atoms with Crippen molar-refractivity contribution in [3.05, 3.63) is 27.9 Å². The smallest absolute Gasteiger partial charge is 0.222 e. The predicted molar refractivity (Wildman–Crippen MR) is 71.5 cm³/mol. The summed E-state index contributed by atoms with van der Waals surface area (Å²) in [6.45, 7) is 5.77. The van der Waals surface area contributed by atoms with Gasteiger partial charge in [0, 0.05) is 17.9 Å². The molecular formula is C13H17N3O2S. The number of hydrogen-bond acceptors (Lipinski definition) is 6. The van der Waals surface area contributed by atoms with Crippen molar-refractivity contribution in [3.63, 3.8) is 0 Å². The summed E-state index contributed by atoms with van der Waals surface area (Å²) >= 11 is 1.69. The second-order valence-electron chi connectivity index (χ2n) is 5.10. The fourth-order valence-corrected chi connectivity index (χ4v) is 2.89. The third-order valence-corrected chi connectivity index (χ3v) is 4.35. The number of hydrogen-bond donors (Lipinski definition) is 0. The summed E-state index contributed by atoms with van der Waals surface area (Å²) in [5, 5.41) is 11.4. The number of thiazole rings is 1. The third-order valence-electron chi connectivity index (χ3n) is 3.16.